The number of aryl methyl sites for hydroxylation is 1. The fourth-order valence-corrected chi connectivity index (χ4v) is 4.10. The normalized spacial score (nSPS) is 14.4. The molecule has 0 bridgehead atoms. The third-order valence-corrected chi connectivity index (χ3v) is 5.48. The van der Waals surface area contributed by atoms with Crippen LogP contribution in [0.4, 0.5) is 0 Å². The van der Waals surface area contributed by atoms with Gasteiger partial charge >= 0.3 is 0 Å². The van der Waals surface area contributed by atoms with Gasteiger partial charge in [-0.2, -0.15) is 0 Å². The molecule has 1 fully saturated rings. The number of furan rings is 1. The molecular formula is C18H20N4O3S. The second-order valence-corrected chi connectivity index (χ2v) is 7.40. The molecule has 1 amide bonds. The molecule has 1 N–H and O–H groups in total. The number of thioether (sulfide) groups is 1. The lowest BCUT2D eigenvalue weighted by atomic mass is 10.4. The molecule has 4 heterocycles. The van der Waals surface area contributed by atoms with Gasteiger partial charge in [-0.25, -0.2) is 4.98 Å². The van der Waals surface area contributed by atoms with Crippen LogP contribution in [0.25, 0.3) is 11.0 Å². The molecule has 3 aromatic heterocycles. The van der Waals surface area contributed by atoms with Crippen molar-refractivity contribution in [3.8, 4) is 0 Å². The number of aromatic amines is 1. The summed E-state index contributed by atoms with van der Waals surface area (Å²) in [5, 5.41) is 0.533. The highest BCUT2D eigenvalue weighted by Crippen LogP contribution is 2.21. The summed E-state index contributed by atoms with van der Waals surface area (Å²) in [6, 6.07) is 5.45. The van der Waals surface area contributed by atoms with Crippen LogP contribution in [0.5, 0.6) is 0 Å². The van der Waals surface area contributed by atoms with Crippen molar-refractivity contribution >= 4 is 28.7 Å². The van der Waals surface area contributed by atoms with E-state index in [1.807, 2.05) is 24.0 Å². The quantitative estimate of drug-likeness (QED) is 0.549. The van der Waals surface area contributed by atoms with Crippen LogP contribution in [0.1, 0.15) is 24.3 Å². The molecule has 0 unspecified atom stereocenters. The number of nitrogens with one attached hydrogen (secondary N) is 1. The molecule has 0 aromatic carbocycles. The van der Waals surface area contributed by atoms with Crippen molar-refractivity contribution in [2.75, 3.05) is 18.8 Å². The van der Waals surface area contributed by atoms with Gasteiger partial charge in [0.25, 0.3) is 5.56 Å². The SMILES string of the molecule is Cc1cc2nc(SCC(=O)N3CCCC3)n(Cc3ccco3)c(=O)c2[nH]1. The monoisotopic (exact) mass is 372 g/mol. The topological polar surface area (TPSA) is 84.1 Å². The summed E-state index contributed by atoms with van der Waals surface area (Å²) in [6.45, 7) is 3.82. The first-order chi connectivity index (χ1) is 12.6. The average Bonchev–Trinajstić information content (AvgIpc) is 3.36. The van der Waals surface area contributed by atoms with Crippen LogP contribution in [-0.2, 0) is 11.3 Å². The van der Waals surface area contributed by atoms with Crippen molar-refractivity contribution in [1.82, 2.24) is 19.4 Å². The van der Waals surface area contributed by atoms with Crippen LogP contribution < -0.4 is 5.56 Å². The van der Waals surface area contributed by atoms with Gasteiger partial charge < -0.3 is 14.3 Å². The molecule has 26 heavy (non-hydrogen) atoms. The van der Waals surface area contributed by atoms with E-state index in [-0.39, 0.29) is 23.8 Å². The number of rotatable bonds is 5. The zero-order valence-electron chi connectivity index (χ0n) is 14.5. The summed E-state index contributed by atoms with van der Waals surface area (Å²) < 4.78 is 6.96. The van der Waals surface area contributed by atoms with Crippen LogP contribution in [0, 0.1) is 6.92 Å². The highest BCUT2D eigenvalue weighted by Gasteiger charge is 2.20. The molecule has 0 atom stereocenters. The number of H-pyrrole nitrogens is 1. The van der Waals surface area contributed by atoms with Crippen molar-refractivity contribution in [2.24, 2.45) is 0 Å². The van der Waals surface area contributed by atoms with Crippen LogP contribution in [0.2, 0.25) is 0 Å². The van der Waals surface area contributed by atoms with Crippen LogP contribution in [0.15, 0.2) is 38.8 Å². The van der Waals surface area contributed by atoms with E-state index in [1.165, 1.54) is 11.8 Å². The minimum absolute atomic E-state index is 0.0941. The highest BCUT2D eigenvalue weighted by molar-refractivity contribution is 7.99. The van der Waals surface area contributed by atoms with Gasteiger partial charge in [0, 0.05) is 18.8 Å². The minimum atomic E-state index is -0.157. The maximum absolute atomic E-state index is 12.9. The molecule has 0 aliphatic carbocycles. The van der Waals surface area contributed by atoms with E-state index < -0.39 is 0 Å². The maximum atomic E-state index is 12.9. The van der Waals surface area contributed by atoms with Gasteiger partial charge in [0.1, 0.15) is 11.3 Å². The van der Waals surface area contributed by atoms with Crippen molar-refractivity contribution < 1.29 is 9.21 Å². The standard InChI is InChI=1S/C18H20N4O3S/c1-12-9-14-16(19-12)17(24)22(10-13-5-4-8-25-13)18(20-14)26-11-15(23)21-6-2-3-7-21/h4-5,8-9,19H,2-3,6-7,10-11H2,1H3. The minimum Gasteiger partial charge on any atom is -0.467 e. The van der Waals surface area contributed by atoms with Gasteiger partial charge in [-0.3, -0.25) is 14.2 Å². The molecule has 1 aliphatic rings. The third-order valence-electron chi connectivity index (χ3n) is 4.52. The Hall–Kier alpha value is -2.48. The van der Waals surface area contributed by atoms with Crippen molar-refractivity contribution in [3.63, 3.8) is 0 Å². The molecule has 0 spiro atoms. The van der Waals surface area contributed by atoms with E-state index in [1.54, 1.807) is 16.9 Å². The number of carbonyl (C=O) groups is 1. The van der Waals surface area contributed by atoms with Gasteiger partial charge in [0.05, 0.1) is 24.1 Å². The lowest BCUT2D eigenvalue weighted by molar-refractivity contribution is -0.127. The molecular weight excluding hydrogens is 352 g/mol. The summed E-state index contributed by atoms with van der Waals surface area (Å²) in [5.41, 5.74) is 1.82. The van der Waals surface area contributed by atoms with Crippen molar-refractivity contribution in [1.29, 1.82) is 0 Å². The van der Waals surface area contributed by atoms with Crippen molar-refractivity contribution in [2.45, 2.75) is 31.5 Å². The lowest BCUT2D eigenvalue weighted by Crippen LogP contribution is -2.30. The number of fused-ring (bicyclic) bond motifs is 1. The maximum Gasteiger partial charge on any atom is 0.278 e. The molecule has 8 heteroatoms. The summed E-state index contributed by atoms with van der Waals surface area (Å²) in [7, 11) is 0. The molecule has 1 saturated heterocycles. The molecule has 0 saturated carbocycles. The van der Waals surface area contributed by atoms with Gasteiger partial charge in [0.15, 0.2) is 5.16 Å². The van der Waals surface area contributed by atoms with Crippen LogP contribution in [0.3, 0.4) is 0 Å². The molecule has 1 aliphatic heterocycles. The summed E-state index contributed by atoms with van der Waals surface area (Å²) in [5.74, 6) is 1.04. The van der Waals surface area contributed by atoms with Crippen LogP contribution in [-0.4, -0.2) is 44.2 Å². The number of hydrogen-bond donors (Lipinski definition) is 1. The second kappa shape index (κ2) is 7.03. The Labute approximate surface area is 154 Å². The fraction of sp³-hybridized carbons (Fsp3) is 0.389. The predicted molar refractivity (Wildman–Crippen MR) is 99.4 cm³/mol. The predicted octanol–water partition coefficient (Wildman–Crippen LogP) is 2.39. The molecule has 136 valence electrons. The van der Waals surface area contributed by atoms with E-state index in [4.69, 9.17) is 4.42 Å². The Bertz CT molecular complexity index is 984. The third kappa shape index (κ3) is 3.29. The van der Waals surface area contributed by atoms with Crippen molar-refractivity contribution in [3.05, 3.63) is 46.3 Å². The smallest absolute Gasteiger partial charge is 0.278 e. The Morgan fingerprint density at radius 1 is 1.38 bits per heavy atom. The zero-order chi connectivity index (χ0) is 18.1. The van der Waals surface area contributed by atoms with E-state index >= 15 is 0 Å². The Kier molecular flexibility index (Phi) is 4.58. The first-order valence-electron chi connectivity index (χ1n) is 8.65. The van der Waals surface area contributed by atoms with Gasteiger partial charge in [-0.15, -0.1) is 0 Å². The van der Waals surface area contributed by atoms with E-state index in [2.05, 4.69) is 9.97 Å². The first kappa shape index (κ1) is 17.0. The van der Waals surface area contributed by atoms with Crippen LogP contribution >= 0.6 is 11.8 Å². The molecule has 7 nitrogen and oxygen atoms in total. The molecule has 0 radical (unpaired) electrons. The zero-order valence-corrected chi connectivity index (χ0v) is 15.3. The van der Waals surface area contributed by atoms with Gasteiger partial charge in [0.2, 0.25) is 5.91 Å². The number of amides is 1. The first-order valence-corrected chi connectivity index (χ1v) is 9.63. The Morgan fingerprint density at radius 3 is 2.92 bits per heavy atom. The number of hydrogen-bond acceptors (Lipinski definition) is 5. The Morgan fingerprint density at radius 2 is 2.19 bits per heavy atom. The Balaban J connectivity index is 1.66. The van der Waals surface area contributed by atoms with E-state index in [0.717, 1.165) is 31.6 Å². The number of likely N-dealkylation sites (tertiary alicyclic amines) is 1. The molecule has 4 rings (SSSR count). The molecule has 3 aromatic rings. The number of carbonyl (C=O) groups excluding carboxylic acids is 1. The number of nitrogens with zero attached hydrogens (tertiary/aromatic N) is 3. The van der Waals surface area contributed by atoms with E-state index in [0.29, 0.717) is 22.0 Å². The summed E-state index contributed by atoms with van der Waals surface area (Å²) in [6.07, 6.45) is 3.70. The lowest BCUT2D eigenvalue weighted by Gasteiger charge is -2.15. The van der Waals surface area contributed by atoms with Gasteiger partial charge in [-0.05, 0) is 38.0 Å². The van der Waals surface area contributed by atoms with E-state index in [9.17, 15) is 9.59 Å². The number of aromatic nitrogens is 3. The fourth-order valence-electron chi connectivity index (χ4n) is 3.20. The summed E-state index contributed by atoms with van der Waals surface area (Å²) in [4.78, 5) is 34.9. The largest absolute Gasteiger partial charge is 0.467 e. The average molecular weight is 372 g/mol. The summed E-state index contributed by atoms with van der Waals surface area (Å²) >= 11 is 1.31. The second-order valence-electron chi connectivity index (χ2n) is 6.45. The highest BCUT2D eigenvalue weighted by atomic mass is 32.2. The van der Waals surface area contributed by atoms with Gasteiger partial charge in [-0.1, -0.05) is 11.8 Å².